The third-order valence-corrected chi connectivity index (χ3v) is 6.06. The smallest absolute Gasteiger partial charge is 0.303 e. The molecule has 2 aliphatic rings. The van der Waals surface area contributed by atoms with Crippen LogP contribution in [0.3, 0.4) is 0 Å². The fraction of sp³-hybridized carbons (Fsp3) is 0.571. The van der Waals surface area contributed by atoms with E-state index >= 15 is 0 Å². The van der Waals surface area contributed by atoms with Crippen LogP contribution in [0.15, 0.2) is 18.3 Å². The fourth-order valence-corrected chi connectivity index (χ4v) is 4.31. The highest BCUT2D eigenvalue weighted by atomic mass is 16.4. The molecule has 1 aliphatic carbocycles. The Morgan fingerprint density at radius 3 is 2.78 bits per heavy atom. The molecule has 0 bridgehead atoms. The molecular weight excluding hydrogens is 342 g/mol. The molecule has 6 nitrogen and oxygen atoms in total. The number of hydrogen-bond donors (Lipinski definition) is 1. The second kappa shape index (κ2) is 7.71. The highest BCUT2D eigenvalue weighted by Crippen LogP contribution is 2.34. The lowest BCUT2D eigenvalue weighted by Gasteiger charge is -2.31. The minimum Gasteiger partial charge on any atom is -0.481 e. The molecule has 3 heterocycles. The zero-order chi connectivity index (χ0) is 18.8. The summed E-state index contributed by atoms with van der Waals surface area (Å²) in [6, 6.07) is 4.15. The first-order valence-corrected chi connectivity index (χ1v) is 10.1. The van der Waals surface area contributed by atoms with Crippen LogP contribution in [0.5, 0.6) is 0 Å². The first-order valence-electron chi connectivity index (χ1n) is 10.1. The molecule has 0 unspecified atom stereocenters. The quantitative estimate of drug-likeness (QED) is 0.759. The Bertz CT molecular complexity index is 854. The summed E-state index contributed by atoms with van der Waals surface area (Å²) in [7, 11) is 0. The van der Waals surface area contributed by atoms with Crippen LogP contribution >= 0.6 is 0 Å². The standard InChI is InChI=1S/C21H27N3O3/c25-19(8-1-2-9-20(26)27)23-12-10-16-17-7-4-11-22-21(17)24(18(16)14-23)13-15-5-3-6-15/h4,7,11,15H,1-3,5-6,8-10,12-14H2,(H,26,27). The van der Waals surface area contributed by atoms with Gasteiger partial charge in [-0.15, -0.1) is 0 Å². The molecule has 1 amide bonds. The van der Waals surface area contributed by atoms with Crippen LogP contribution in [0, 0.1) is 5.92 Å². The highest BCUT2D eigenvalue weighted by molar-refractivity contribution is 5.83. The summed E-state index contributed by atoms with van der Waals surface area (Å²) in [4.78, 5) is 29.8. The number of carboxylic acid groups (broad SMARTS) is 1. The van der Waals surface area contributed by atoms with Crippen LogP contribution in [0.2, 0.25) is 0 Å². The van der Waals surface area contributed by atoms with Gasteiger partial charge in [0.15, 0.2) is 0 Å². The van der Waals surface area contributed by atoms with Gasteiger partial charge in [-0.1, -0.05) is 6.42 Å². The van der Waals surface area contributed by atoms with Crippen LogP contribution < -0.4 is 0 Å². The van der Waals surface area contributed by atoms with Gasteiger partial charge in [0, 0.05) is 43.2 Å². The molecule has 1 saturated carbocycles. The monoisotopic (exact) mass is 369 g/mol. The Morgan fingerprint density at radius 1 is 1.22 bits per heavy atom. The fourth-order valence-electron chi connectivity index (χ4n) is 4.31. The van der Waals surface area contributed by atoms with E-state index in [4.69, 9.17) is 5.11 Å². The number of pyridine rings is 1. The van der Waals surface area contributed by atoms with Gasteiger partial charge in [0.25, 0.3) is 0 Å². The predicted octanol–water partition coefficient (Wildman–Crippen LogP) is 3.37. The topological polar surface area (TPSA) is 75.4 Å². The van der Waals surface area contributed by atoms with Gasteiger partial charge in [0.2, 0.25) is 5.91 Å². The Morgan fingerprint density at radius 2 is 2.04 bits per heavy atom. The summed E-state index contributed by atoms with van der Waals surface area (Å²) in [5.74, 6) is 0.0753. The number of rotatable bonds is 7. The number of carboxylic acids is 1. The molecule has 144 valence electrons. The molecule has 2 aromatic heterocycles. The number of fused-ring (bicyclic) bond motifs is 3. The molecule has 27 heavy (non-hydrogen) atoms. The van der Waals surface area contributed by atoms with E-state index in [-0.39, 0.29) is 12.3 Å². The maximum atomic E-state index is 12.6. The summed E-state index contributed by atoms with van der Waals surface area (Å²) in [5, 5.41) is 9.97. The minimum absolute atomic E-state index is 0.138. The predicted molar refractivity (Wildman–Crippen MR) is 102 cm³/mol. The largest absolute Gasteiger partial charge is 0.481 e. The molecule has 6 heteroatoms. The maximum Gasteiger partial charge on any atom is 0.303 e. The highest BCUT2D eigenvalue weighted by Gasteiger charge is 2.28. The molecule has 2 aromatic rings. The van der Waals surface area contributed by atoms with E-state index in [1.165, 1.54) is 35.9 Å². The van der Waals surface area contributed by atoms with E-state index in [1.807, 2.05) is 17.2 Å². The van der Waals surface area contributed by atoms with Crippen molar-refractivity contribution in [2.24, 2.45) is 5.92 Å². The van der Waals surface area contributed by atoms with Gasteiger partial charge in [0.05, 0.1) is 6.54 Å². The number of amides is 1. The van der Waals surface area contributed by atoms with Crippen LogP contribution in [-0.4, -0.2) is 38.0 Å². The summed E-state index contributed by atoms with van der Waals surface area (Å²) in [5.41, 5.74) is 3.67. The molecular formula is C21H27N3O3. The van der Waals surface area contributed by atoms with Gasteiger partial charge in [0.1, 0.15) is 5.65 Å². The van der Waals surface area contributed by atoms with E-state index in [0.717, 1.165) is 31.1 Å². The Hall–Kier alpha value is -2.37. The zero-order valence-corrected chi connectivity index (χ0v) is 15.7. The average molecular weight is 369 g/mol. The van der Waals surface area contributed by atoms with Crippen molar-refractivity contribution < 1.29 is 14.7 Å². The van der Waals surface area contributed by atoms with E-state index < -0.39 is 5.97 Å². The molecule has 0 aromatic carbocycles. The van der Waals surface area contributed by atoms with Gasteiger partial charge in [-0.25, -0.2) is 4.98 Å². The molecule has 0 spiro atoms. The number of carbonyl (C=O) groups is 2. The van der Waals surface area contributed by atoms with Crippen LogP contribution in [-0.2, 0) is 29.1 Å². The summed E-state index contributed by atoms with van der Waals surface area (Å²) < 4.78 is 2.36. The van der Waals surface area contributed by atoms with Crippen molar-refractivity contribution in [3.8, 4) is 0 Å². The maximum absolute atomic E-state index is 12.6. The third kappa shape index (κ3) is 3.70. The van der Waals surface area contributed by atoms with Gasteiger partial charge in [-0.05, 0) is 55.7 Å². The number of hydrogen-bond acceptors (Lipinski definition) is 3. The molecule has 0 atom stereocenters. The third-order valence-electron chi connectivity index (χ3n) is 6.06. The molecule has 1 N–H and O–H groups in total. The molecule has 4 rings (SSSR count). The summed E-state index contributed by atoms with van der Waals surface area (Å²) >= 11 is 0. The van der Waals surface area contributed by atoms with E-state index in [9.17, 15) is 9.59 Å². The van der Waals surface area contributed by atoms with Gasteiger partial charge < -0.3 is 14.6 Å². The molecule has 1 aliphatic heterocycles. The molecule has 0 radical (unpaired) electrons. The van der Waals surface area contributed by atoms with Gasteiger partial charge in [-0.3, -0.25) is 9.59 Å². The molecule has 0 saturated heterocycles. The lowest BCUT2D eigenvalue weighted by molar-refractivity contribution is -0.137. The minimum atomic E-state index is -0.793. The lowest BCUT2D eigenvalue weighted by Crippen LogP contribution is -2.37. The molecule has 1 fully saturated rings. The zero-order valence-electron chi connectivity index (χ0n) is 15.7. The van der Waals surface area contributed by atoms with Crippen molar-refractivity contribution in [3.63, 3.8) is 0 Å². The van der Waals surface area contributed by atoms with Crippen molar-refractivity contribution in [2.75, 3.05) is 6.54 Å². The van der Waals surface area contributed by atoms with Gasteiger partial charge in [-0.2, -0.15) is 0 Å². The Balaban J connectivity index is 1.50. The van der Waals surface area contributed by atoms with Crippen molar-refractivity contribution in [2.45, 2.75) is 64.5 Å². The normalized spacial score (nSPS) is 17.0. The second-order valence-corrected chi connectivity index (χ2v) is 7.87. The van der Waals surface area contributed by atoms with E-state index in [0.29, 0.717) is 25.8 Å². The summed E-state index contributed by atoms with van der Waals surface area (Å²) in [6.45, 7) is 2.39. The van der Waals surface area contributed by atoms with Crippen molar-refractivity contribution in [1.29, 1.82) is 0 Å². The number of unbranched alkanes of at least 4 members (excludes halogenated alkanes) is 1. The first-order chi connectivity index (χ1) is 13.1. The van der Waals surface area contributed by atoms with Crippen molar-refractivity contribution >= 4 is 22.9 Å². The number of carbonyl (C=O) groups excluding carboxylic acids is 1. The number of nitrogens with zero attached hydrogens (tertiary/aromatic N) is 3. The number of aliphatic carboxylic acids is 1. The van der Waals surface area contributed by atoms with Crippen LogP contribution in [0.1, 0.15) is 56.2 Å². The Labute approximate surface area is 159 Å². The SMILES string of the molecule is O=C(O)CCCCC(=O)N1CCc2c(n(CC3CCC3)c3ncccc23)C1. The second-order valence-electron chi connectivity index (χ2n) is 7.87. The van der Waals surface area contributed by atoms with E-state index in [1.54, 1.807) is 0 Å². The average Bonchev–Trinajstić information content (AvgIpc) is 2.94. The van der Waals surface area contributed by atoms with Crippen molar-refractivity contribution in [1.82, 2.24) is 14.5 Å². The lowest BCUT2D eigenvalue weighted by atomic mass is 9.85. The van der Waals surface area contributed by atoms with Gasteiger partial charge >= 0.3 is 5.97 Å². The van der Waals surface area contributed by atoms with Crippen LogP contribution in [0.4, 0.5) is 0 Å². The van der Waals surface area contributed by atoms with Crippen molar-refractivity contribution in [3.05, 3.63) is 29.6 Å². The number of aromatic nitrogens is 2. The van der Waals surface area contributed by atoms with Crippen LogP contribution in [0.25, 0.3) is 11.0 Å². The first kappa shape index (κ1) is 18.0. The van der Waals surface area contributed by atoms with E-state index in [2.05, 4.69) is 15.6 Å². The summed E-state index contributed by atoms with van der Waals surface area (Å²) in [6.07, 6.45) is 8.39. The Kier molecular flexibility index (Phi) is 5.14.